The molecule has 0 aliphatic heterocycles. The first kappa shape index (κ1) is 19.1. The van der Waals surface area contributed by atoms with E-state index in [2.05, 4.69) is 37.9 Å². The summed E-state index contributed by atoms with van der Waals surface area (Å²) in [6, 6.07) is 6.16. The van der Waals surface area contributed by atoms with Crippen molar-refractivity contribution in [3.63, 3.8) is 0 Å². The highest BCUT2D eigenvalue weighted by Crippen LogP contribution is 2.07. The predicted molar refractivity (Wildman–Crippen MR) is 91.1 cm³/mol. The Morgan fingerprint density at radius 3 is 1.80 bits per heavy atom. The van der Waals surface area contributed by atoms with Crippen LogP contribution in [0.25, 0.3) is 0 Å². The minimum Gasteiger partial charge on any atom is -0.261 e. The molecule has 0 saturated heterocycles. The summed E-state index contributed by atoms with van der Waals surface area (Å²) in [6.45, 7) is 6.72. The van der Waals surface area contributed by atoms with E-state index in [1.165, 1.54) is 69.9 Å². The van der Waals surface area contributed by atoms with Gasteiger partial charge in [0.25, 0.3) is 0 Å². The third-order valence-corrected chi connectivity index (χ3v) is 3.47. The molecule has 1 heterocycles. The topological polar surface area (TPSA) is 12.9 Å². The Hall–Kier alpha value is -0.850. The second-order valence-corrected chi connectivity index (χ2v) is 5.55. The number of aromatic nitrogens is 1. The Labute approximate surface area is 127 Å². The maximum Gasteiger partial charge on any atom is 0.0403 e. The van der Waals surface area contributed by atoms with Crippen LogP contribution in [0.5, 0.6) is 0 Å². The Balaban J connectivity index is 0.000000511. The minimum absolute atomic E-state index is 1.15. The molecular weight excluding hydrogens is 242 g/mol. The van der Waals surface area contributed by atoms with E-state index in [-0.39, 0.29) is 0 Å². The zero-order valence-corrected chi connectivity index (χ0v) is 14.0. The van der Waals surface area contributed by atoms with Crippen molar-refractivity contribution < 1.29 is 0 Å². The molecule has 116 valence electrons. The first-order valence-corrected chi connectivity index (χ1v) is 8.75. The second-order valence-electron chi connectivity index (χ2n) is 5.55. The number of pyridine rings is 1. The molecule has 0 aliphatic carbocycles. The van der Waals surface area contributed by atoms with Gasteiger partial charge in [0.1, 0.15) is 0 Å². The number of unbranched alkanes of at least 4 members (excludes halogenated alkanes) is 8. The molecule has 1 nitrogen and oxygen atoms in total. The van der Waals surface area contributed by atoms with Crippen molar-refractivity contribution in [1.82, 2.24) is 4.98 Å². The minimum atomic E-state index is 1.15. The lowest BCUT2D eigenvalue weighted by molar-refractivity contribution is 0.604. The van der Waals surface area contributed by atoms with Crippen molar-refractivity contribution >= 4 is 0 Å². The normalized spacial score (nSPS) is 9.95. The molecule has 0 amide bonds. The zero-order valence-electron chi connectivity index (χ0n) is 14.0. The van der Waals surface area contributed by atoms with Gasteiger partial charge in [-0.3, -0.25) is 4.98 Å². The van der Waals surface area contributed by atoms with Crippen LogP contribution in [0.3, 0.4) is 0 Å². The summed E-state index contributed by atoms with van der Waals surface area (Å²) in [5.41, 5.74) is 1.24. The van der Waals surface area contributed by atoms with Gasteiger partial charge in [-0.05, 0) is 25.0 Å². The molecule has 0 unspecified atom stereocenters. The zero-order chi connectivity index (χ0) is 14.9. The van der Waals surface area contributed by atoms with Crippen LogP contribution in [0.15, 0.2) is 24.4 Å². The highest BCUT2D eigenvalue weighted by Gasteiger charge is 1.93. The van der Waals surface area contributed by atoms with E-state index < -0.39 is 0 Å². The van der Waals surface area contributed by atoms with Crippen LogP contribution in [-0.4, -0.2) is 4.98 Å². The average Bonchev–Trinajstić information content (AvgIpc) is 2.50. The highest BCUT2D eigenvalue weighted by atomic mass is 14.7. The van der Waals surface area contributed by atoms with Crippen molar-refractivity contribution in [1.29, 1.82) is 0 Å². The Morgan fingerprint density at radius 1 is 0.700 bits per heavy atom. The van der Waals surface area contributed by atoms with Crippen molar-refractivity contribution in [2.45, 2.75) is 91.4 Å². The Kier molecular flexibility index (Phi) is 15.5. The van der Waals surface area contributed by atoms with Crippen LogP contribution in [0, 0.1) is 0 Å². The van der Waals surface area contributed by atoms with E-state index in [0.717, 1.165) is 6.42 Å². The smallest absolute Gasteiger partial charge is 0.0403 e. The standard InChI is InChI=1S/C13H21N.C6H14/c1-2-3-4-5-6-7-10-13-11-8-9-12-14-13;1-3-5-6-4-2/h8-9,11-12H,2-7,10H2,1H3;3-6H2,1-2H3. The number of aryl methyl sites for hydroxylation is 1. The van der Waals surface area contributed by atoms with Crippen molar-refractivity contribution in [2.75, 3.05) is 0 Å². The van der Waals surface area contributed by atoms with Crippen LogP contribution >= 0.6 is 0 Å². The van der Waals surface area contributed by atoms with E-state index >= 15 is 0 Å². The molecule has 0 radical (unpaired) electrons. The summed E-state index contributed by atoms with van der Waals surface area (Å²) < 4.78 is 0. The predicted octanol–water partition coefficient (Wildman–Crippen LogP) is 6.57. The van der Waals surface area contributed by atoms with E-state index in [0.29, 0.717) is 0 Å². The number of hydrogen-bond acceptors (Lipinski definition) is 1. The van der Waals surface area contributed by atoms with Gasteiger partial charge in [0.15, 0.2) is 0 Å². The molecule has 0 bridgehead atoms. The maximum absolute atomic E-state index is 4.31. The third-order valence-electron chi connectivity index (χ3n) is 3.47. The molecule has 20 heavy (non-hydrogen) atoms. The van der Waals surface area contributed by atoms with Gasteiger partial charge in [-0.25, -0.2) is 0 Å². The summed E-state index contributed by atoms with van der Waals surface area (Å²) in [5, 5.41) is 0. The molecule has 0 atom stereocenters. The Morgan fingerprint density at radius 2 is 1.25 bits per heavy atom. The van der Waals surface area contributed by atoms with Crippen LogP contribution < -0.4 is 0 Å². The van der Waals surface area contributed by atoms with Crippen LogP contribution in [0.2, 0.25) is 0 Å². The van der Waals surface area contributed by atoms with Gasteiger partial charge in [0.2, 0.25) is 0 Å². The SMILES string of the molecule is CCCCCC.CCCCCCCCc1ccccn1. The summed E-state index contributed by atoms with van der Waals surface area (Å²) in [7, 11) is 0. The lowest BCUT2D eigenvalue weighted by Crippen LogP contribution is -1.88. The molecule has 0 fully saturated rings. The molecule has 1 rings (SSSR count). The molecule has 0 aliphatic rings. The van der Waals surface area contributed by atoms with Gasteiger partial charge in [0.05, 0.1) is 0 Å². The van der Waals surface area contributed by atoms with E-state index in [1.807, 2.05) is 12.3 Å². The Bertz CT molecular complexity index is 264. The second kappa shape index (κ2) is 16.2. The third kappa shape index (κ3) is 13.6. The lowest BCUT2D eigenvalue weighted by Gasteiger charge is -2.00. The van der Waals surface area contributed by atoms with Crippen LogP contribution in [0.1, 0.15) is 90.7 Å². The summed E-state index contributed by atoms with van der Waals surface area (Å²) in [4.78, 5) is 4.31. The van der Waals surface area contributed by atoms with Gasteiger partial charge >= 0.3 is 0 Å². The molecule has 1 aromatic heterocycles. The quantitative estimate of drug-likeness (QED) is 0.441. The summed E-state index contributed by atoms with van der Waals surface area (Å²) >= 11 is 0. The fraction of sp³-hybridized carbons (Fsp3) is 0.737. The largest absolute Gasteiger partial charge is 0.261 e. The van der Waals surface area contributed by atoms with Gasteiger partial charge in [-0.1, -0.05) is 84.6 Å². The highest BCUT2D eigenvalue weighted by molar-refractivity contribution is 5.03. The fourth-order valence-corrected chi connectivity index (χ4v) is 2.13. The van der Waals surface area contributed by atoms with Gasteiger partial charge in [0, 0.05) is 11.9 Å². The molecule has 0 aromatic carbocycles. The van der Waals surface area contributed by atoms with Gasteiger partial charge < -0.3 is 0 Å². The van der Waals surface area contributed by atoms with Crippen molar-refractivity contribution in [3.05, 3.63) is 30.1 Å². The van der Waals surface area contributed by atoms with Gasteiger partial charge in [-0.15, -0.1) is 0 Å². The molecule has 1 aromatic rings. The average molecular weight is 277 g/mol. The number of nitrogens with zero attached hydrogens (tertiary/aromatic N) is 1. The van der Waals surface area contributed by atoms with Gasteiger partial charge in [-0.2, -0.15) is 0 Å². The molecule has 0 spiro atoms. The van der Waals surface area contributed by atoms with Crippen molar-refractivity contribution in [3.8, 4) is 0 Å². The molecule has 0 saturated carbocycles. The van der Waals surface area contributed by atoms with E-state index in [1.54, 1.807) is 0 Å². The number of hydrogen-bond donors (Lipinski definition) is 0. The van der Waals surface area contributed by atoms with E-state index in [4.69, 9.17) is 0 Å². The molecule has 1 heteroatoms. The van der Waals surface area contributed by atoms with Crippen LogP contribution in [-0.2, 0) is 6.42 Å². The first-order chi connectivity index (χ1) is 9.85. The number of rotatable bonds is 10. The van der Waals surface area contributed by atoms with E-state index in [9.17, 15) is 0 Å². The lowest BCUT2D eigenvalue weighted by atomic mass is 10.1. The summed E-state index contributed by atoms with van der Waals surface area (Å²) in [6.07, 6.45) is 16.7. The first-order valence-electron chi connectivity index (χ1n) is 8.75. The maximum atomic E-state index is 4.31. The monoisotopic (exact) mass is 277 g/mol. The molecular formula is C19H35N. The van der Waals surface area contributed by atoms with Crippen molar-refractivity contribution in [2.24, 2.45) is 0 Å². The molecule has 0 N–H and O–H groups in total. The summed E-state index contributed by atoms with van der Waals surface area (Å²) in [5.74, 6) is 0. The fourth-order valence-electron chi connectivity index (χ4n) is 2.13. The van der Waals surface area contributed by atoms with Crippen LogP contribution in [0.4, 0.5) is 0 Å².